The second kappa shape index (κ2) is 5.52. The molecule has 0 N–H and O–H groups in total. The Balaban J connectivity index is 2.47. The summed E-state index contributed by atoms with van der Waals surface area (Å²) in [4.78, 5) is 3.91. The zero-order valence-corrected chi connectivity index (χ0v) is 10.6. The van der Waals surface area contributed by atoms with Crippen LogP contribution in [-0.2, 0) is 6.42 Å². The average molecular weight is 259 g/mol. The molecule has 0 unspecified atom stereocenters. The summed E-state index contributed by atoms with van der Waals surface area (Å²) < 4.78 is 5.54. The fourth-order valence-electron chi connectivity index (χ4n) is 1.57. The highest BCUT2D eigenvalue weighted by atomic mass is 35.5. The Morgan fingerprint density at radius 1 is 1.33 bits per heavy atom. The molecule has 2 aromatic rings. The zero-order chi connectivity index (χ0) is 13.0. The molecule has 0 atom stereocenters. The van der Waals surface area contributed by atoms with Gasteiger partial charge in [-0.3, -0.25) is 4.98 Å². The van der Waals surface area contributed by atoms with E-state index in [9.17, 15) is 5.26 Å². The lowest BCUT2D eigenvalue weighted by Gasteiger charge is -2.01. The number of halogens is 1. The van der Waals surface area contributed by atoms with Crippen LogP contribution in [0.15, 0.2) is 41.1 Å². The Labute approximate surface area is 110 Å². The molecule has 18 heavy (non-hydrogen) atoms. The number of hydrogen-bond acceptors (Lipinski definition) is 3. The molecular weight excluding hydrogens is 248 g/mol. The van der Waals surface area contributed by atoms with Crippen LogP contribution >= 0.6 is 11.6 Å². The van der Waals surface area contributed by atoms with Gasteiger partial charge in [0.15, 0.2) is 0 Å². The minimum absolute atomic E-state index is 0.323. The summed E-state index contributed by atoms with van der Waals surface area (Å²) in [5.74, 6) is 1.36. The predicted octanol–water partition coefficient (Wildman–Crippen LogP) is 3.87. The van der Waals surface area contributed by atoms with Gasteiger partial charge in [0.1, 0.15) is 22.6 Å². The number of pyridine rings is 1. The largest absolute Gasteiger partial charge is 0.460 e. The van der Waals surface area contributed by atoms with Crippen LogP contribution in [0, 0.1) is 11.3 Å². The van der Waals surface area contributed by atoms with Crippen molar-refractivity contribution in [2.75, 3.05) is 0 Å². The third-order valence-electron chi connectivity index (χ3n) is 2.53. The predicted molar refractivity (Wildman–Crippen MR) is 70.6 cm³/mol. The molecule has 0 aromatic carbocycles. The van der Waals surface area contributed by atoms with Crippen molar-refractivity contribution in [1.29, 1.82) is 5.26 Å². The first-order valence-electron chi connectivity index (χ1n) is 5.55. The molecular formula is C14H11ClN2O. The Kier molecular flexibility index (Phi) is 3.81. The van der Waals surface area contributed by atoms with Crippen molar-refractivity contribution in [2.45, 2.75) is 13.3 Å². The molecule has 2 rings (SSSR count). The maximum absolute atomic E-state index is 9.22. The first-order valence-corrected chi connectivity index (χ1v) is 5.93. The van der Waals surface area contributed by atoms with E-state index >= 15 is 0 Å². The molecule has 3 nitrogen and oxygen atoms in total. The Morgan fingerprint density at radius 3 is 2.61 bits per heavy atom. The van der Waals surface area contributed by atoms with Crippen LogP contribution in [0.1, 0.15) is 24.0 Å². The molecule has 0 aliphatic carbocycles. The summed E-state index contributed by atoms with van der Waals surface area (Å²) in [6.07, 6.45) is 4.04. The zero-order valence-electron chi connectivity index (χ0n) is 9.85. The highest BCUT2D eigenvalue weighted by Gasteiger charge is 2.12. The molecule has 0 bridgehead atoms. The van der Waals surface area contributed by atoms with Gasteiger partial charge in [-0.2, -0.15) is 5.26 Å². The van der Waals surface area contributed by atoms with Gasteiger partial charge in [0.05, 0.1) is 5.57 Å². The summed E-state index contributed by atoms with van der Waals surface area (Å²) in [6, 6.07) is 9.22. The highest BCUT2D eigenvalue weighted by Crippen LogP contribution is 2.30. The van der Waals surface area contributed by atoms with Gasteiger partial charge in [0.2, 0.25) is 0 Å². The van der Waals surface area contributed by atoms with Gasteiger partial charge in [-0.15, -0.1) is 0 Å². The summed E-state index contributed by atoms with van der Waals surface area (Å²) in [5.41, 5.74) is 1.11. The molecule has 0 amide bonds. The number of aryl methyl sites for hydroxylation is 1. The Bertz CT molecular complexity index is 608. The molecule has 0 radical (unpaired) electrons. The van der Waals surface area contributed by atoms with Crippen molar-refractivity contribution in [3.05, 3.63) is 53.7 Å². The van der Waals surface area contributed by atoms with E-state index in [0.717, 1.165) is 17.7 Å². The quantitative estimate of drug-likeness (QED) is 0.786. The summed E-state index contributed by atoms with van der Waals surface area (Å²) >= 11 is 6.22. The molecule has 0 aliphatic rings. The van der Waals surface area contributed by atoms with E-state index in [1.54, 1.807) is 30.6 Å². The van der Waals surface area contributed by atoms with Crippen molar-refractivity contribution >= 4 is 22.2 Å². The SMILES string of the molecule is CCc1ccc(/C(Cl)=C(/C#N)c2ccncc2)o1. The average Bonchev–Trinajstić information content (AvgIpc) is 2.89. The number of nitriles is 1. The minimum atomic E-state index is 0.323. The third kappa shape index (κ3) is 2.44. The second-order valence-electron chi connectivity index (χ2n) is 3.66. The van der Waals surface area contributed by atoms with Crippen molar-refractivity contribution < 1.29 is 4.42 Å². The number of hydrogen-bond donors (Lipinski definition) is 0. The lowest BCUT2D eigenvalue weighted by Crippen LogP contribution is -1.85. The minimum Gasteiger partial charge on any atom is -0.460 e. The van der Waals surface area contributed by atoms with Gasteiger partial charge in [-0.25, -0.2) is 0 Å². The van der Waals surface area contributed by atoms with Gasteiger partial charge in [0, 0.05) is 18.8 Å². The van der Waals surface area contributed by atoms with Crippen LogP contribution in [0.4, 0.5) is 0 Å². The van der Waals surface area contributed by atoms with Crippen molar-refractivity contribution in [2.24, 2.45) is 0 Å². The van der Waals surface area contributed by atoms with Crippen LogP contribution in [0.25, 0.3) is 10.6 Å². The molecule has 0 aliphatic heterocycles. The third-order valence-corrected chi connectivity index (χ3v) is 2.90. The Morgan fingerprint density at radius 2 is 2.06 bits per heavy atom. The first kappa shape index (κ1) is 12.4. The standard InChI is InChI=1S/C14H11ClN2O/c1-2-11-3-4-13(18-11)14(15)12(9-16)10-5-7-17-8-6-10/h3-8H,2H2,1H3/b14-12+. The highest BCUT2D eigenvalue weighted by molar-refractivity contribution is 6.53. The number of furan rings is 1. The van der Waals surface area contributed by atoms with E-state index in [4.69, 9.17) is 16.0 Å². The maximum Gasteiger partial charge on any atom is 0.147 e. The van der Waals surface area contributed by atoms with Crippen LogP contribution in [0.3, 0.4) is 0 Å². The molecule has 90 valence electrons. The second-order valence-corrected chi connectivity index (χ2v) is 4.03. The summed E-state index contributed by atoms with van der Waals surface area (Å²) in [6.45, 7) is 1.99. The number of nitrogens with zero attached hydrogens (tertiary/aromatic N) is 2. The topological polar surface area (TPSA) is 49.8 Å². The summed E-state index contributed by atoms with van der Waals surface area (Å²) in [7, 11) is 0. The molecule has 0 saturated carbocycles. The molecule has 4 heteroatoms. The van der Waals surface area contributed by atoms with E-state index in [1.165, 1.54) is 0 Å². The fourth-order valence-corrected chi connectivity index (χ4v) is 1.82. The summed E-state index contributed by atoms with van der Waals surface area (Å²) in [5, 5.41) is 9.54. The van der Waals surface area contributed by atoms with Gasteiger partial charge < -0.3 is 4.42 Å². The van der Waals surface area contributed by atoms with E-state index in [1.807, 2.05) is 13.0 Å². The lowest BCUT2D eigenvalue weighted by atomic mass is 10.1. The first-order chi connectivity index (χ1) is 8.76. The van der Waals surface area contributed by atoms with Gasteiger partial charge in [0.25, 0.3) is 0 Å². The maximum atomic E-state index is 9.22. The van der Waals surface area contributed by atoms with E-state index < -0.39 is 0 Å². The smallest absolute Gasteiger partial charge is 0.147 e. The van der Waals surface area contributed by atoms with E-state index in [-0.39, 0.29) is 0 Å². The van der Waals surface area contributed by atoms with Crippen molar-refractivity contribution in [3.8, 4) is 6.07 Å². The number of allylic oxidation sites excluding steroid dienone is 1. The number of rotatable bonds is 3. The van der Waals surface area contributed by atoms with E-state index in [2.05, 4.69) is 11.1 Å². The van der Waals surface area contributed by atoms with Crippen molar-refractivity contribution in [1.82, 2.24) is 4.98 Å². The fraction of sp³-hybridized carbons (Fsp3) is 0.143. The van der Waals surface area contributed by atoms with Crippen LogP contribution in [0.2, 0.25) is 0 Å². The van der Waals surface area contributed by atoms with Gasteiger partial charge in [-0.1, -0.05) is 18.5 Å². The molecule has 2 heterocycles. The monoisotopic (exact) mass is 258 g/mol. The van der Waals surface area contributed by atoms with Crippen LogP contribution in [-0.4, -0.2) is 4.98 Å². The number of aromatic nitrogens is 1. The van der Waals surface area contributed by atoms with Crippen molar-refractivity contribution in [3.63, 3.8) is 0 Å². The van der Waals surface area contributed by atoms with E-state index in [0.29, 0.717) is 16.4 Å². The van der Waals surface area contributed by atoms with Crippen LogP contribution in [0.5, 0.6) is 0 Å². The van der Waals surface area contributed by atoms with Gasteiger partial charge in [-0.05, 0) is 29.8 Å². The van der Waals surface area contributed by atoms with Crippen LogP contribution < -0.4 is 0 Å². The molecule has 0 saturated heterocycles. The van der Waals surface area contributed by atoms with Gasteiger partial charge >= 0.3 is 0 Å². The Hall–Kier alpha value is -2.05. The lowest BCUT2D eigenvalue weighted by molar-refractivity contribution is 0.506. The molecule has 0 spiro atoms. The molecule has 0 fully saturated rings. The molecule has 2 aromatic heterocycles. The normalized spacial score (nSPS) is 11.8.